The summed E-state index contributed by atoms with van der Waals surface area (Å²) < 4.78 is 1.99. The molecule has 0 amide bonds. The van der Waals surface area contributed by atoms with Crippen LogP contribution in [0.15, 0.2) is 6.33 Å². The summed E-state index contributed by atoms with van der Waals surface area (Å²) in [5.74, 6) is 1.72. The Hall–Kier alpha value is -0.940. The third-order valence-electron chi connectivity index (χ3n) is 3.27. The predicted molar refractivity (Wildman–Crippen MR) is 67.4 cm³/mol. The highest BCUT2D eigenvalue weighted by molar-refractivity contribution is 4.89. The Labute approximate surface area is 103 Å². The average Bonchev–Trinajstić information content (AvgIpc) is 2.63. The van der Waals surface area contributed by atoms with Crippen molar-refractivity contribution in [3.63, 3.8) is 0 Å². The lowest BCUT2D eigenvalue weighted by Crippen LogP contribution is -2.46. The first-order chi connectivity index (χ1) is 8.06. The first-order valence-electron chi connectivity index (χ1n) is 6.42. The summed E-state index contributed by atoms with van der Waals surface area (Å²) in [5.41, 5.74) is 6.06. The van der Waals surface area contributed by atoms with Gasteiger partial charge < -0.3 is 5.73 Å². The van der Waals surface area contributed by atoms with E-state index in [1.54, 1.807) is 6.33 Å². The second kappa shape index (κ2) is 5.14. The number of piperidine rings is 1. The molecule has 5 heteroatoms. The Balaban J connectivity index is 2.02. The molecule has 0 aliphatic carbocycles. The van der Waals surface area contributed by atoms with Crippen LogP contribution in [0.1, 0.15) is 39.1 Å². The van der Waals surface area contributed by atoms with Gasteiger partial charge >= 0.3 is 0 Å². The maximum atomic E-state index is 6.06. The van der Waals surface area contributed by atoms with Crippen molar-refractivity contribution in [2.75, 3.05) is 13.1 Å². The molecule has 2 N–H and O–H groups in total. The minimum absolute atomic E-state index is 0.300. The highest BCUT2D eigenvalue weighted by Crippen LogP contribution is 2.17. The largest absolute Gasteiger partial charge is 0.327 e. The third kappa shape index (κ3) is 3.04. The zero-order valence-electron chi connectivity index (χ0n) is 11.0. The molecule has 17 heavy (non-hydrogen) atoms. The van der Waals surface area contributed by atoms with Gasteiger partial charge in [-0.25, -0.2) is 9.67 Å². The summed E-state index contributed by atoms with van der Waals surface area (Å²) in [6, 6.07) is 0.664. The van der Waals surface area contributed by atoms with Gasteiger partial charge in [-0.2, -0.15) is 5.10 Å². The quantitative estimate of drug-likeness (QED) is 0.853. The van der Waals surface area contributed by atoms with E-state index in [4.69, 9.17) is 5.73 Å². The van der Waals surface area contributed by atoms with Crippen molar-refractivity contribution in [2.45, 2.75) is 45.8 Å². The van der Waals surface area contributed by atoms with Crippen LogP contribution in [-0.4, -0.2) is 38.8 Å². The van der Waals surface area contributed by atoms with E-state index in [2.05, 4.69) is 35.8 Å². The number of nitrogens with two attached hydrogens (primary N) is 1. The molecule has 2 unspecified atom stereocenters. The van der Waals surface area contributed by atoms with Crippen LogP contribution >= 0.6 is 0 Å². The maximum absolute atomic E-state index is 6.06. The lowest BCUT2D eigenvalue weighted by atomic mass is 9.97. The number of aromatic nitrogens is 3. The topological polar surface area (TPSA) is 60.0 Å². The summed E-state index contributed by atoms with van der Waals surface area (Å²) in [7, 11) is 0. The van der Waals surface area contributed by atoms with Gasteiger partial charge in [-0.05, 0) is 26.2 Å². The molecule has 2 atom stereocenters. The number of likely N-dealkylation sites (tertiary alicyclic amines) is 1. The number of rotatable bonds is 3. The molecule has 0 radical (unpaired) electrons. The molecule has 1 aromatic rings. The molecule has 0 saturated carbocycles. The predicted octanol–water partition coefficient (Wildman–Crippen LogP) is 1.03. The van der Waals surface area contributed by atoms with Crippen LogP contribution in [0, 0.1) is 5.92 Å². The van der Waals surface area contributed by atoms with E-state index in [-0.39, 0.29) is 0 Å². The van der Waals surface area contributed by atoms with Crippen molar-refractivity contribution in [1.29, 1.82) is 0 Å². The zero-order chi connectivity index (χ0) is 12.4. The van der Waals surface area contributed by atoms with Gasteiger partial charge in [0.25, 0.3) is 0 Å². The van der Waals surface area contributed by atoms with Gasteiger partial charge in [-0.1, -0.05) is 6.92 Å². The Morgan fingerprint density at radius 2 is 2.24 bits per heavy atom. The van der Waals surface area contributed by atoms with E-state index in [9.17, 15) is 0 Å². The molecule has 96 valence electrons. The molecule has 1 aliphatic heterocycles. The summed E-state index contributed by atoms with van der Waals surface area (Å²) in [4.78, 5) is 6.74. The monoisotopic (exact) mass is 237 g/mol. The first kappa shape index (κ1) is 12.5. The van der Waals surface area contributed by atoms with E-state index in [1.807, 2.05) is 4.68 Å². The van der Waals surface area contributed by atoms with Crippen molar-refractivity contribution in [3.8, 4) is 0 Å². The Morgan fingerprint density at radius 3 is 2.88 bits per heavy atom. The van der Waals surface area contributed by atoms with Crippen LogP contribution in [0.2, 0.25) is 0 Å². The SMILES string of the molecule is CC1CC(N)CN(Cc2ncnn2C(C)C)C1. The first-order valence-corrected chi connectivity index (χ1v) is 6.42. The van der Waals surface area contributed by atoms with Crippen molar-refractivity contribution >= 4 is 0 Å². The van der Waals surface area contributed by atoms with Crippen LogP contribution in [0.5, 0.6) is 0 Å². The maximum Gasteiger partial charge on any atom is 0.141 e. The molecule has 0 bridgehead atoms. The minimum Gasteiger partial charge on any atom is -0.327 e. The molecule has 1 aromatic heterocycles. The van der Waals surface area contributed by atoms with Gasteiger partial charge in [0.15, 0.2) is 0 Å². The lowest BCUT2D eigenvalue weighted by molar-refractivity contribution is 0.152. The summed E-state index contributed by atoms with van der Waals surface area (Å²) in [5, 5.41) is 4.27. The van der Waals surface area contributed by atoms with Gasteiger partial charge in [0, 0.05) is 25.2 Å². The second-order valence-electron chi connectivity index (χ2n) is 5.51. The summed E-state index contributed by atoms with van der Waals surface area (Å²) in [6.45, 7) is 9.45. The fraction of sp³-hybridized carbons (Fsp3) is 0.833. The van der Waals surface area contributed by atoms with E-state index in [0.29, 0.717) is 18.0 Å². The Morgan fingerprint density at radius 1 is 1.47 bits per heavy atom. The van der Waals surface area contributed by atoms with E-state index >= 15 is 0 Å². The molecular formula is C12H23N5. The fourth-order valence-electron chi connectivity index (χ4n) is 2.66. The van der Waals surface area contributed by atoms with Crippen molar-refractivity contribution in [2.24, 2.45) is 11.7 Å². The van der Waals surface area contributed by atoms with Gasteiger partial charge in [0.1, 0.15) is 12.2 Å². The van der Waals surface area contributed by atoms with E-state index in [1.165, 1.54) is 0 Å². The molecule has 0 spiro atoms. The van der Waals surface area contributed by atoms with Gasteiger partial charge in [0.2, 0.25) is 0 Å². The number of hydrogen-bond acceptors (Lipinski definition) is 4. The molecule has 0 aromatic carbocycles. The Kier molecular flexibility index (Phi) is 3.79. The fourth-order valence-corrected chi connectivity index (χ4v) is 2.66. The van der Waals surface area contributed by atoms with E-state index < -0.39 is 0 Å². The molecular weight excluding hydrogens is 214 g/mol. The zero-order valence-corrected chi connectivity index (χ0v) is 11.0. The molecule has 2 rings (SSSR count). The van der Waals surface area contributed by atoms with Crippen molar-refractivity contribution in [1.82, 2.24) is 19.7 Å². The van der Waals surface area contributed by atoms with E-state index in [0.717, 1.165) is 31.9 Å². The average molecular weight is 237 g/mol. The lowest BCUT2D eigenvalue weighted by Gasteiger charge is -2.34. The highest BCUT2D eigenvalue weighted by atomic mass is 15.4. The Bertz CT molecular complexity index is 350. The normalized spacial score (nSPS) is 26.6. The van der Waals surface area contributed by atoms with Crippen LogP contribution in [-0.2, 0) is 6.54 Å². The van der Waals surface area contributed by atoms with Gasteiger partial charge in [-0.15, -0.1) is 0 Å². The van der Waals surface area contributed by atoms with Crippen LogP contribution in [0.3, 0.4) is 0 Å². The number of hydrogen-bond donors (Lipinski definition) is 1. The van der Waals surface area contributed by atoms with Crippen LogP contribution in [0.25, 0.3) is 0 Å². The smallest absolute Gasteiger partial charge is 0.141 e. The minimum atomic E-state index is 0.300. The summed E-state index contributed by atoms with van der Waals surface area (Å²) >= 11 is 0. The van der Waals surface area contributed by atoms with Crippen molar-refractivity contribution in [3.05, 3.63) is 12.2 Å². The van der Waals surface area contributed by atoms with Crippen LogP contribution in [0.4, 0.5) is 0 Å². The van der Waals surface area contributed by atoms with Crippen molar-refractivity contribution < 1.29 is 0 Å². The van der Waals surface area contributed by atoms with Gasteiger partial charge in [0.05, 0.1) is 6.54 Å². The second-order valence-corrected chi connectivity index (χ2v) is 5.51. The third-order valence-corrected chi connectivity index (χ3v) is 3.27. The standard InChI is InChI=1S/C12H23N5/c1-9(2)17-12(14-8-15-17)7-16-5-10(3)4-11(13)6-16/h8-11H,4-7,13H2,1-3H3. The molecule has 2 heterocycles. The van der Waals surface area contributed by atoms with Gasteiger partial charge in [-0.3, -0.25) is 4.90 Å². The molecule has 1 aliphatic rings. The molecule has 1 saturated heterocycles. The molecule has 1 fully saturated rings. The number of nitrogens with zero attached hydrogens (tertiary/aromatic N) is 4. The highest BCUT2D eigenvalue weighted by Gasteiger charge is 2.23. The molecule has 5 nitrogen and oxygen atoms in total. The van der Waals surface area contributed by atoms with Crippen LogP contribution < -0.4 is 5.73 Å². The summed E-state index contributed by atoms with van der Waals surface area (Å²) in [6.07, 6.45) is 2.77.